The molecule has 0 unspecified atom stereocenters. The third kappa shape index (κ3) is 2.06. The van der Waals surface area contributed by atoms with Crippen molar-refractivity contribution in [3.63, 3.8) is 0 Å². The van der Waals surface area contributed by atoms with Crippen molar-refractivity contribution in [1.82, 2.24) is 0 Å². The van der Waals surface area contributed by atoms with Gasteiger partial charge in [0, 0.05) is 0 Å². The average molecular weight is 240 g/mol. The van der Waals surface area contributed by atoms with E-state index < -0.39 is 49.5 Å². The van der Waals surface area contributed by atoms with Gasteiger partial charge in [-0.25, -0.2) is 0 Å². The van der Waals surface area contributed by atoms with E-state index in [0.717, 1.165) is 0 Å². The minimum absolute atomic E-state index is 0.751. The molecule has 1 aliphatic rings. The summed E-state index contributed by atoms with van der Waals surface area (Å²) in [6, 6.07) is 0. The van der Waals surface area contributed by atoms with Gasteiger partial charge in [-0.3, -0.25) is 0 Å². The maximum absolute atomic E-state index is 9.58. The first-order valence-electron chi connectivity index (χ1n) is 4.70. The lowest BCUT2D eigenvalue weighted by Gasteiger charge is -2.46. The SMILES string of the molecule is OC[C@@H](O)[C@H]1O[C@H](O)[C@@](O)(CO)[C@H](O)[C@H]1O. The molecule has 1 aliphatic heterocycles. The lowest BCUT2D eigenvalue weighted by Crippen LogP contribution is -2.69. The van der Waals surface area contributed by atoms with Gasteiger partial charge in [0.2, 0.25) is 0 Å². The van der Waals surface area contributed by atoms with E-state index >= 15 is 0 Å². The second-order valence-electron chi connectivity index (χ2n) is 3.79. The lowest BCUT2D eigenvalue weighted by atomic mass is 9.85. The van der Waals surface area contributed by atoms with E-state index in [1.165, 1.54) is 0 Å². The number of hydrogen-bond acceptors (Lipinski definition) is 8. The summed E-state index contributed by atoms with van der Waals surface area (Å²) < 4.78 is 4.65. The van der Waals surface area contributed by atoms with Crippen LogP contribution < -0.4 is 0 Å². The van der Waals surface area contributed by atoms with Gasteiger partial charge in [-0.1, -0.05) is 0 Å². The van der Waals surface area contributed by atoms with E-state index in [2.05, 4.69) is 4.74 Å². The van der Waals surface area contributed by atoms with E-state index in [0.29, 0.717) is 0 Å². The monoisotopic (exact) mass is 240 g/mol. The molecule has 0 aromatic carbocycles. The van der Waals surface area contributed by atoms with Crippen LogP contribution in [0, 0.1) is 0 Å². The second-order valence-corrected chi connectivity index (χ2v) is 3.79. The molecule has 1 saturated heterocycles. The van der Waals surface area contributed by atoms with Crippen molar-refractivity contribution in [1.29, 1.82) is 0 Å². The van der Waals surface area contributed by atoms with Crippen LogP contribution in [-0.4, -0.2) is 85.3 Å². The number of aliphatic hydroxyl groups is 7. The van der Waals surface area contributed by atoms with E-state index in [1.807, 2.05) is 0 Å². The molecule has 8 heteroatoms. The van der Waals surface area contributed by atoms with E-state index in [-0.39, 0.29) is 0 Å². The smallest absolute Gasteiger partial charge is 0.189 e. The molecule has 0 aromatic rings. The highest BCUT2D eigenvalue weighted by Crippen LogP contribution is 2.29. The first-order chi connectivity index (χ1) is 7.38. The molecule has 0 bridgehead atoms. The Morgan fingerprint density at radius 1 is 1.19 bits per heavy atom. The van der Waals surface area contributed by atoms with Crippen LogP contribution in [0.5, 0.6) is 0 Å². The van der Waals surface area contributed by atoms with Gasteiger partial charge in [0.05, 0.1) is 13.2 Å². The predicted octanol–water partition coefficient (Wildman–Crippen LogP) is -4.50. The summed E-state index contributed by atoms with van der Waals surface area (Å²) in [5, 5.41) is 64.6. The topological polar surface area (TPSA) is 151 Å². The Kier molecular flexibility index (Phi) is 4.21. The lowest BCUT2D eigenvalue weighted by molar-refractivity contribution is -0.344. The third-order valence-electron chi connectivity index (χ3n) is 2.71. The van der Waals surface area contributed by atoms with Crippen LogP contribution in [0.15, 0.2) is 0 Å². The summed E-state index contributed by atoms with van der Waals surface area (Å²) in [4.78, 5) is 0. The first kappa shape index (κ1) is 13.7. The zero-order valence-electron chi connectivity index (χ0n) is 8.34. The quantitative estimate of drug-likeness (QED) is 0.261. The van der Waals surface area contributed by atoms with Gasteiger partial charge < -0.3 is 40.5 Å². The van der Waals surface area contributed by atoms with Gasteiger partial charge in [-0.2, -0.15) is 0 Å². The van der Waals surface area contributed by atoms with Crippen LogP contribution in [0.4, 0.5) is 0 Å². The molecule has 8 nitrogen and oxygen atoms in total. The third-order valence-corrected chi connectivity index (χ3v) is 2.71. The Balaban J connectivity index is 2.87. The molecule has 0 aliphatic carbocycles. The number of ether oxygens (including phenoxy) is 1. The summed E-state index contributed by atoms with van der Waals surface area (Å²) >= 11 is 0. The number of rotatable bonds is 3. The molecule has 0 spiro atoms. The van der Waals surface area contributed by atoms with Crippen LogP contribution >= 0.6 is 0 Å². The summed E-state index contributed by atoms with van der Waals surface area (Å²) in [7, 11) is 0. The molecule has 1 heterocycles. The average Bonchev–Trinajstić information content (AvgIpc) is 2.30. The molecular weight excluding hydrogens is 224 g/mol. The molecule has 0 saturated carbocycles. The Bertz CT molecular complexity index is 234. The van der Waals surface area contributed by atoms with Crippen LogP contribution in [-0.2, 0) is 4.74 Å². The first-order valence-corrected chi connectivity index (χ1v) is 4.70. The van der Waals surface area contributed by atoms with Gasteiger partial charge in [0.1, 0.15) is 24.4 Å². The number of hydrogen-bond donors (Lipinski definition) is 7. The number of aliphatic hydroxyl groups excluding tert-OH is 6. The fourth-order valence-corrected chi connectivity index (χ4v) is 1.56. The minimum atomic E-state index is -2.43. The van der Waals surface area contributed by atoms with Crippen molar-refractivity contribution in [3.8, 4) is 0 Å². The largest absolute Gasteiger partial charge is 0.394 e. The summed E-state index contributed by atoms with van der Waals surface area (Å²) in [5.41, 5.74) is -2.43. The van der Waals surface area contributed by atoms with E-state index in [9.17, 15) is 25.5 Å². The Hall–Kier alpha value is -0.320. The molecule has 1 rings (SSSR count). The van der Waals surface area contributed by atoms with Crippen LogP contribution in [0.3, 0.4) is 0 Å². The predicted molar refractivity (Wildman–Crippen MR) is 48.0 cm³/mol. The van der Waals surface area contributed by atoms with Crippen molar-refractivity contribution in [3.05, 3.63) is 0 Å². The van der Waals surface area contributed by atoms with Gasteiger partial charge in [-0.15, -0.1) is 0 Å². The second kappa shape index (κ2) is 4.90. The highest BCUT2D eigenvalue weighted by Gasteiger charge is 2.55. The zero-order chi connectivity index (χ0) is 12.5. The molecule has 1 fully saturated rings. The van der Waals surface area contributed by atoms with Gasteiger partial charge >= 0.3 is 0 Å². The van der Waals surface area contributed by atoms with Crippen LogP contribution in [0.1, 0.15) is 0 Å². The normalized spacial score (nSPS) is 46.7. The molecule has 0 aromatic heterocycles. The van der Waals surface area contributed by atoms with Gasteiger partial charge in [-0.05, 0) is 0 Å². The standard InChI is InChI=1S/C8H16O8/c9-1-3(11)5-4(12)6(13)8(15,2-10)7(14)16-5/h3-7,9-15H,1-2H2/t3-,4+,5-,6-,7+,8-/m1/s1. The van der Waals surface area contributed by atoms with Gasteiger partial charge in [0.15, 0.2) is 11.9 Å². The Morgan fingerprint density at radius 3 is 2.19 bits per heavy atom. The highest BCUT2D eigenvalue weighted by molar-refractivity contribution is 5.01. The van der Waals surface area contributed by atoms with Crippen molar-refractivity contribution >= 4 is 0 Å². The highest BCUT2D eigenvalue weighted by atomic mass is 16.6. The van der Waals surface area contributed by atoms with Crippen molar-refractivity contribution < 1.29 is 40.5 Å². The van der Waals surface area contributed by atoms with Gasteiger partial charge in [0.25, 0.3) is 0 Å². The van der Waals surface area contributed by atoms with E-state index in [4.69, 9.17) is 10.2 Å². The van der Waals surface area contributed by atoms with E-state index in [1.54, 1.807) is 0 Å². The van der Waals surface area contributed by atoms with Crippen LogP contribution in [0.25, 0.3) is 0 Å². The maximum atomic E-state index is 9.58. The molecule has 6 atom stereocenters. The van der Waals surface area contributed by atoms with Crippen molar-refractivity contribution in [2.24, 2.45) is 0 Å². The fraction of sp³-hybridized carbons (Fsp3) is 1.00. The molecule has 0 amide bonds. The Labute approximate surface area is 91.0 Å². The molecule has 7 N–H and O–H groups in total. The van der Waals surface area contributed by atoms with Crippen molar-refractivity contribution in [2.75, 3.05) is 13.2 Å². The molecule has 16 heavy (non-hydrogen) atoms. The molecule has 96 valence electrons. The summed E-state index contributed by atoms with van der Waals surface area (Å²) in [6.07, 6.45) is -8.62. The minimum Gasteiger partial charge on any atom is -0.394 e. The van der Waals surface area contributed by atoms with Crippen LogP contribution in [0.2, 0.25) is 0 Å². The molecular formula is C8H16O8. The van der Waals surface area contributed by atoms with Crippen molar-refractivity contribution in [2.45, 2.75) is 36.3 Å². The fourth-order valence-electron chi connectivity index (χ4n) is 1.56. The maximum Gasteiger partial charge on any atom is 0.189 e. The Morgan fingerprint density at radius 2 is 1.75 bits per heavy atom. The summed E-state index contributed by atoms with van der Waals surface area (Å²) in [5.74, 6) is 0. The summed E-state index contributed by atoms with van der Waals surface area (Å²) in [6.45, 7) is -1.78. The molecule has 0 radical (unpaired) electrons. The zero-order valence-corrected chi connectivity index (χ0v) is 8.34.